The first kappa shape index (κ1) is 23.4. The molecule has 1 fully saturated rings. The summed E-state index contributed by atoms with van der Waals surface area (Å²) in [5, 5.41) is -0.311. The van der Waals surface area contributed by atoms with Crippen molar-refractivity contribution in [2.24, 2.45) is 17.8 Å². The Kier molecular flexibility index (Phi) is 7.74. The van der Waals surface area contributed by atoms with Crippen LogP contribution in [-0.4, -0.2) is 18.2 Å². The van der Waals surface area contributed by atoms with Crippen LogP contribution in [0.3, 0.4) is 0 Å². The topological polar surface area (TPSA) is 26.3 Å². The Labute approximate surface area is 178 Å². The Morgan fingerprint density at radius 3 is 2.25 bits per heavy atom. The molecule has 8 heteroatoms. The Morgan fingerprint density at radius 1 is 1.18 bits per heavy atom. The second-order valence-electron chi connectivity index (χ2n) is 7.61. The summed E-state index contributed by atoms with van der Waals surface area (Å²) in [6, 6.07) is 2.06. The number of carbonyl (C=O) groups is 1. The van der Waals surface area contributed by atoms with Crippen molar-refractivity contribution in [1.29, 1.82) is 0 Å². The van der Waals surface area contributed by atoms with Crippen molar-refractivity contribution in [3.05, 3.63) is 38.8 Å². The molecular weight excluding hydrogens is 436 g/mol. The zero-order valence-corrected chi connectivity index (χ0v) is 18.0. The van der Waals surface area contributed by atoms with Gasteiger partial charge in [0.05, 0.1) is 20.6 Å². The lowest BCUT2D eigenvalue weighted by Crippen LogP contribution is -2.35. The lowest BCUT2D eigenvalue weighted by atomic mass is 9.75. The van der Waals surface area contributed by atoms with E-state index in [1.54, 1.807) is 0 Å². The van der Waals surface area contributed by atoms with Gasteiger partial charge in [-0.05, 0) is 48.3 Å². The van der Waals surface area contributed by atoms with E-state index in [-0.39, 0.29) is 32.5 Å². The van der Waals surface area contributed by atoms with Gasteiger partial charge in [0, 0.05) is 6.08 Å². The molecular formula is C20H22Cl3F3O2. The van der Waals surface area contributed by atoms with Gasteiger partial charge in [0.2, 0.25) is 0 Å². The quantitative estimate of drug-likeness (QED) is 0.264. The zero-order chi connectivity index (χ0) is 21.2. The van der Waals surface area contributed by atoms with Crippen LogP contribution in [0.5, 0.6) is 0 Å². The van der Waals surface area contributed by atoms with E-state index < -0.39 is 23.8 Å². The third-order valence-corrected chi connectivity index (χ3v) is 6.29. The monoisotopic (exact) mass is 456 g/mol. The summed E-state index contributed by atoms with van der Waals surface area (Å²) in [6.07, 6.45) is -2.19. The van der Waals surface area contributed by atoms with Crippen LogP contribution >= 0.6 is 34.8 Å². The SMILES string of the molecule is CC(C)[C@@H]1CC[C@@H](C)C[C@H]1OC(=O)/C=C(\c1cc(Cl)c(Cl)c(Cl)c1)C(F)(F)F. The van der Waals surface area contributed by atoms with Crippen LogP contribution in [0.25, 0.3) is 5.57 Å². The van der Waals surface area contributed by atoms with Gasteiger partial charge in [-0.25, -0.2) is 4.79 Å². The number of benzene rings is 1. The van der Waals surface area contributed by atoms with Crippen molar-refractivity contribution in [3.63, 3.8) is 0 Å². The molecule has 0 radical (unpaired) electrons. The molecule has 0 aromatic heterocycles. The predicted octanol–water partition coefficient (Wildman–Crippen LogP) is 7.60. The normalized spacial score (nSPS) is 23.8. The first-order valence-electron chi connectivity index (χ1n) is 9.04. The summed E-state index contributed by atoms with van der Waals surface area (Å²) in [6.45, 7) is 6.10. The van der Waals surface area contributed by atoms with Gasteiger partial charge in [-0.1, -0.05) is 62.0 Å². The second kappa shape index (κ2) is 9.27. The van der Waals surface area contributed by atoms with Gasteiger partial charge in [-0.2, -0.15) is 13.2 Å². The zero-order valence-electron chi connectivity index (χ0n) is 15.7. The smallest absolute Gasteiger partial charge is 0.417 e. The standard InChI is InChI=1S/C20H22Cl3F3O2/c1-10(2)13-5-4-11(3)6-17(13)28-18(27)9-14(20(24,25)26)12-7-15(21)19(23)16(22)8-12/h7-11,13,17H,4-6H2,1-3H3/b14-9+/t11-,13+,17-/m1/s1. The third kappa shape index (κ3) is 5.80. The molecule has 0 heterocycles. The van der Waals surface area contributed by atoms with Gasteiger partial charge in [0.25, 0.3) is 0 Å². The van der Waals surface area contributed by atoms with E-state index in [2.05, 4.69) is 0 Å². The van der Waals surface area contributed by atoms with Crippen LogP contribution in [-0.2, 0) is 9.53 Å². The van der Waals surface area contributed by atoms with Crippen molar-refractivity contribution in [2.75, 3.05) is 0 Å². The molecule has 0 saturated heterocycles. The fourth-order valence-electron chi connectivity index (χ4n) is 3.59. The van der Waals surface area contributed by atoms with E-state index in [0.717, 1.165) is 25.0 Å². The lowest BCUT2D eigenvalue weighted by Gasteiger charge is -2.36. The Hall–Kier alpha value is -0.910. The number of hydrogen-bond acceptors (Lipinski definition) is 2. The van der Waals surface area contributed by atoms with Gasteiger partial charge < -0.3 is 4.74 Å². The van der Waals surface area contributed by atoms with Crippen LogP contribution in [0.4, 0.5) is 13.2 Å². The summed E-state index contributed by atoms with van der Waals surface area (Å²) in [5.41, 5.74) is -1.52. The van der Waals surface area contributed by atoms with Gasteiger partial charge >= 0.3 is 12.1 Å². The van der Waals surface area contributed by atoms with Crippen molar-refractivity contribution in [1.82, 2.24) is 0 Å². The van der Waals surface area contributed by atoms with Gasteiger partial charge in [0.1, 0.15) is 6.10 Å². The number of ether oxygens (including phenoxy) is 1. The second-order valence-corrected chi connectivity index (χ2v) is 8.80. The van der Waals surface area contributed by atoms with E-state index >= 15 is 0 Å². The average Bonchev–Trinajstić information content (AvgIpc) is 2.56. The van der Waals surface area contributed by atoms with Crippen LogP contribution in [0.1, 0.15) is 45.6 Å². The Morgan fingerprint density at radius 2 is 1.75 bits per heavy atom. The minimum atomic E-state index is -4.79. The molecule has 0 amide bonds. The predicted molar refractivity (Wildman–Crippen MR) is 107 cm³/mol. The highest BCUT2D eigenvalue weighted by Crippen LogP contribution is 2.40. The molecule has 2 rings (SSSR count). The summed E-state index contributed by atoms with van der Waals surface area (Å²) < 4.78 is 46.2. The van der Waals surface area contributed by atoms with Gasteiger partial charge in [-0.15, -0.1) is 0 Å². The highest BCUT2D eigenvalue weighted by Gasteiger charge is 2.37. The Bertz CT molecular complexity index is 737. The van der Waals surface area contributed by atoms with Crippen LogP contribution < -0.4 is 0 Å². The largest absolute Gasteiger partial charge is 0.459 e. The van der Waals surface area contributed by atoms with E-state index in [1.165, 1.54) is 0 Å². The fourth-order valence-corrected chi connectivity index (χ4v) is 4.19. The van der Waals surface area contributed by atoms with Crippen LogP contribution in [0.2, 0.25) is 15.1 Å². The molecule has 3 atom stereocenters. The molecule has 0 unspecified atom stereocenters. The number of esters is 1. The number of alkyl halides is 3. The van der Waals surface area contributed by atoms with Gasteiger partial charge in [0.15, 0.2) is 0 Å². The molecule has 0 bridgehead atoms. The number of allylic oxidation sites excluding steroid dienone is 1. The minimum absolute atomic E-state index is 0.0489. The molecule has 1 saturated carbocycles. The molecule has 0 spiro atoms. The maximum Gasteiger partial charge on any atom is 0.417 e. The molecule has 1 aromatic rings. The first-order valence-corrected chi connectivity index (χ1v) is 10.2. The van der Waals surface area contributed by atoms with Crippen molar-refractivity contribution in [3.8, 4) is 0 Å². The van der Waals surface area contributed by atoms with Crippen molar-refractivity contribution < 1.29 is 22.7 Å². The average molecular weight is 458 g/mol. The third-order valence-electron chi connectivity index (χ3n) is 5.09. The van der Waals surface area contributed by atoms with E-state index in [1.807, 2.05) is 20.8 Å². The maximum atomic E-state index is 13.6. The molecule has 156 valence electrons. The number of hydrogen-bond donors (Lipinski definition) is 0. The van der Waals surface area contributed by atoms with Crippen molar-refractivity contribution in [2.45, 2.75) is 52.3 Å². The summed E-state index contributed by atoms with van der Waals surface area (Å²) in [5.74, 6) is -0.278. The molecule has 1 aliphatic carbocycles. The van der Waals surface area contributed by atoms with E-state index in [0.29, 0.717) is 18.4 Å². The minimum Gasteiger partial charge on any atom is -0.459 e. The van der Waals surface area contributed by atoms with Crippen LogP contribution in [0, 0.1) is 17.8 Å². The molecule has 1 aromatic carbocycles. The molecule has 0 aliphatic heterocycles. The molecule has 28 heavy (non-hydrogen) atoms. The number of rotatable bonds is 4. The maximum absolute atomic E-state index is 13.6. The first-order chi connectivity index (χ1) is 12.9. The highest BCUT2D eigenvalue weighted by molar-refractivity contribution is 6.48. The van der Waals surface area contributed by atoms with Gasteiger partial charge in [-0.3, -0.25) is 0 Å². The summed E-state index contributed by atoms with van der Waals surface area (Å²) in [4.78, 5) is 12.4. The number of halogens is 6. The molecule has 1 aliphatic rings. The molecule has 0 N–H and O–H groups in total. The van der Waals surface area contributed by atoms with E-state index in [9.17, 15) is 18.0 Å². The lowest BCUT2D eigenvalue weighted by molar-refractivity contribution is -0.150. The summed E-state index contributed by atoms with van der Waals surface area (Å²) in [7, 11) is 0. The van der Waals surface area contributed by atoms with Crippen molar-refractivity contribution >= 4 is 46.3 Å². The summed E-state index contributed by atoms with van der Waals surface area (Å²) >= 11 is 17.5. The Balaban J connectivity index is 2.33. The fraction of sp³-hybridized carbons (Fsp3) is 0.550. The van der Waals surface area contributed by atoms with Crippen LogP contribution in [0.15, 0.2) is 18.2 Å². The molecule has 2 nitrogen and oxygen atoms in total. The highest BCUT2D eigenvalue weighted by atomic mass is 35.5. The van der Waals surface area contributed by atoms with E-state index in [4.69, 9.17) is 39.5 Å². The number of carbonyl (C=O) groups excluding carboxylic acids is 1.